The summed E-state index contributed by atoms with van der Waals surface area (Å²) in [5.41, 5.74) is 4.81. The lowest BCUT2D eigenvalue weighted by atomic mass is 9.86. The van der Waals surface area contributed by atoms with E-state index >= 15 is 0 Å². The fourth-order valence-corrected chi connectivity index (χ4v) is 4.61. The van der Waals surface area contributed by atoms with Crippen LogP contribution < -0.4 is 19.1 Å². The highest BCUT2D eigenvalue weighted by Gasteiger charge is 2.36. The van der Waals surface area contributed by atoms with Crippen molar-refractivity contribution in [3.63, 3.8) is 0 Å². The molecule has 0 fully saturated rings. The minimum Gasteiger partial charge on any atom is -0.495 e. The number of fused-ring (bicyclic) bond motifs is 1. The SMILES string of the molecule is CCOc1cc2c(cc1OCC)[C@H](c1cccc(C)c1)N(c1ccc(OC)c(Cl)c1)C(=O)C2. The van der Waals surface area contributed by atoms with Gasteiger partial charge in [-0.05, 0) is 67.8 Å². The van der Waals surface area contributed by atoms with E-state index in [-0.39, 0.29) is 18.4 Å². The van der Waals surface area contributed by atoms with Crippen molar-refractivity contribution in [3.8, 4) is 17.2 Å². The molecule has 0 saturated heterocycles. The van der Waals surface area contributed by atoms with Gasteiger partial charge < -0.3 is 19.1 Å². The standard InChI is InChI=1S/C27H28ClNO4/c1-5-32-24-13-19-14-26(30)29(20-10-11-23(31-4)22(28)15-20)27(18-9-7-8-17(3)12-18)21(19)16-25(24)33-6-2/h7-13,15-16,27H,5-6,14H2,1-4H3/t27-/m0/s1. The smallest absolute Gasteiger partial charge is 0.232 e. The van der Waals surface area contributed by atoms with Crippen molar-refractivity contribution >= 4 is 23.2 Å². The molecule has 6 heteroatoms. The Bertz CT molecular complexity index is 1180. The Morgan fingerprint density at radius 3 is 2.33 bits per heavy atom. The Morgan fingerprint density at radius 1 is 0.970 bits per heavy atom. The van der Waals surface area contributed by atoms with Gasteiger partial charge >= 0.3 is 0 Å². The number of halogens is 1. The molecule has 0 spiro atoms. The van der Waals surface area contributed by atoms with Gasteiger partial charge in [0, 0.05) is 5.69 Å². The second-order valence-corrected chi connectivity index (χ2v) is 8.35. The molecule has 0 bridgehead atoms. The molecule has 1 aliphatic rings. The lowest BCUT2D eigenvalue weighted by Crippen LogP contribution is -2.41. The van der Waals surface area contributed by atoms with Crippen LogP contribution in [0.15, 0.2) is 54.6 Å². The number of hydrogen-bond donors (Lipinski definition) is 0. The molecule has 0 radical (unpaired) electrons. The molecule has 3 aromatic rings. The molecule has 1 atom stereocenters. The maximum atomic E-state index is 13.6. The topological polar surface area (TPSA) is 48.0 Å². The van der Waals surface area contributed by atoms with Crippen molar-refractivity contribution in [2.75, 3.05) is 25.2 Å². The predicted octanol–water partition coefficient (Wildman–Crippen LogP) is 6.13. The first-order valence-electron chi connectivity index (χ1n) is 11.1. The summed E-state index contributed by atoms with van der Waals surface area (Å²) in [4.78, 5) is 15.4. The molecule has 0 saturated carbocycles. The molecular weight excluding hydrogens is 438 g/mol. The maximum absolute atomic E-state index is 13.6. The zero-order valence-corrected chi connectivity index (χ0v) is 20.1. The number of benzene rings is 3. The monoisotopic (exact) mass is 465 g/mol. The maximum Gasteiger partial charge on any atom is 0.232 e. The molecule has 3 aromatic carbocycles. The molecule has 0 N–H and O–H groups in total. The van der Waals surface area contributed by atoms with Gasteiger partial charge in [0.05, 0.1) is 37.8 Å². The van der Waals surface area contributed by atoms with E-state index in [1.54, 1.807) is 19.2 Å². The van der Waals surface area contributed by atoms with Crippen LogP contribution in [0, 0.1) is 6.92 Å². The van der Waals surface area contributed by atoms with Crippen molar-refractivity contribution in [1.82, 2.24) is 0 Å². The predicted molar refractivity (Wildman–Crippen MR) is 131 cm³/mol. The number of rotatable bonds is 7. The summed E-state index contributed by atoms with van der Waals surface area (Å²) in [5, 5.41) is 0.457. The largest absolute Gasteiger partial charge is 0.495 e. The second-order valence-electron chi connectivity index (χ2n) is 7.94. The number of nitrogens with zero attached hydrogens (tertiary/aromatic N) is 1. The van der Waals surface area contributed by atoms with Crippen LogP contribution in [-0.2, 0) is 11.2 Å². The Hall–Kier alpha value is -3.18. The number of methoxy groups -OCH3 is 1. The van der Waals surface area contributed by atoms with Gasteiger partial charge in [-0.15, -0.1) is 0 Å². The first-order valence-corrected chi connectivity index (χ1v) is 11.5. The summed E-state index contributed by atoms with van der Waals surface area (Å²) < 4.78 is 17.0. The summed E-state index contributed by atoms with van der Waals surface area (Å²) in [6.45, 7) is 6.97. The average Bonchev–Trinajstić information content (AvgIpc) is 2.79. The van der Waals surface area contributed by atoms with E-state index in [4.69, 9.17) is 25.8 Å². The van der Waals surface area contributed by atoms with Crippen molar-refractivity contribution in [2.24, 2.45) is 0 Å². The molecule has 5 nitrogen and oxygen atoms in total. The summed E-state index contributed by atoms with van der Waals surface area (Å²) in [6, 6.07) is 17.3. The van der Waals surface area contributed by atoms with E-state index in [0.717, 1.165) is 27.9 Å². The lowest BCUT2D eigenvalue weighted by Gasteiger charge is -2.38. The highest BCUT2D eigenvalue weighted by atomic mass is 35.5. The van der Waals surface area contributed by atoms with Crippen LogP contribution in [0.25, 0.3) is 0 Å². The molecular formula is C27H28ClNO4. The molecule has 0 unspecified atom stereocenters. The van der Waals surface area contributed by atoms with Gasteiger partial charge in [-0.1, -0.05) is 41.4 Å². The van der Waals surface area contributed by atoms with Gasteiger partial charge in [0.1, 0.15) is 5.75 Å². The highest BCUT2D eigenvalue weighted by Crippen LogP contribution is 2.44. The van der Waals surface area contributed by atoms with Crippen molar-refractivity contribution < 1.29 is 19.0 Å². The third-order valence-electron chi connectivity index (χ3n) is 5.74. The normalized spacial score (nSPS) is 15.2. The van der Waals surface area contributed by atoms with E-state index in [0.29, 0.717) is 35.5 Å². The molecule has 33 heavy (non-hydrogen) atoms. The average molecular weight is 466 g/mol. The molecule has 172 valence electrons. The molecule has 0 aromatic heterocycles. The Labute approximate surface area is 199 Å². The summed E-state index contributed by atoms with van der Waals surface area (Å²) in [6.07, 6.45) is 0.258. The quantitative estimate of drug-likeness (QED) is 0.421. The van der Waals surface area contributed by atoms with Crippen molar-refractivity contribution in [3.05, 3.63) is 81.9 Å². The third kappa shape index (κ3) is 4.51. The Morgan fingerprint density at radius 2 is 1.70 bits per heavy atom. The third-order valence-corrected chi connectivity index (χ3v) is 6.04. The molecule has 1 heterocycles. The van der Waals surface area contributed by atoms with E-state index in [9.17, 15) is 4.79 Å². The van der Waals surface area contributed by atoms with E-state index in [2.05, 4.69) is 12.1 Å². The van der Waals surface area contributed by atoms with Crippen LogP contribution in [-0.4, -0.2) is 26.2 Å². The molecule has 0 aliphatic carbocycles. The number of aryl methyl sites for hydroxylation is 1. The first kappa shape index (κ1) is 23.0. The number of ether oxygens (including phenoxy) is 3. The van der Waals surface area contributed by atoms with Crippen molar-refractivity contribution in [1.29, 1.82) is 0 Å². The number of anilines is 1. The fourth-order valence-electron chi connectivity index (χ4n) is 4.36. The lowest BCUT2D eigenvalue weighted by molar-refractivity contribution is -0.118. The van der Waals surface area contributed by atoms with E-state index in [1.807, 2.05) is 56.0 Å². The number of carbonyl (C=O) groups is 1. The van der Waals surface area contributed by atoms with Crippen LogP contribution in [0.2, 0.25) is 5.02 Å². The fraction of sp³-hybridized carbons (Fsp3) is 0.296. The molecule has 4 rings (SSSR count). The summed E-state index contributed by atoms with van der Waals surface area (Å²) in [7, 11) is 1.57. The first-order chi connectivity index (χ1) is 16.0. The van der Waals surface area contributed by atoms with Crippen LogP contribution >= 0.6 is 11.6 Å². The number of hydrogen-bond acceptors (Lipinski definition) is 4. The van der Waals surface area contributed by atoms with Crippen LogP contribution in [0.1, 0.15) is 42.1 Å². The van der Waals surface area contributed by atoms with Gasteiger partial charge in [0.15, 0.2) is 11.5 Å². The van der Waals surface area contributed by atoms with E-state index < -0.39 is 0 Å². The zero-order valence-electron chi connectivity index (χ0n) is 19.4. The Balaban J connectivity index is 1.93. The minimum atomic E-state index is -0.333. The number of carbonyl (C=O) groups excluding carboxylic acids is 1. The van der Waals surface area contributed by atoms with Crippen molar-refractivity contribution in [2.45, 2.75) is 33.2 Å². The Kier molecular flexibility index (Phi) is 6.80. The second kappa shape index (κ2) is 9.75. The van der Waals surface area contributed by atoms with Gasteiger partial charge in [-0.25, -0.2) is 0 Å². The van der Waals surface area contributed by atoms with Gasteiger partial charge in [0.25, 0.3) is 0 Å². The molecule has 1 aliphatic heterocycles. The zero-order chi connectivity index (χ0) is 23.5. The van der Waals surface area contributed by atoms with Gasteiger partial charge in [-0.3, -0.25) is 4.79 Å². The number of amides is 1. The van der Waals surface area contributed by atoms with Crippen LogP contribution in [0.3, 0.4) is 0 Å². The van der Waals surface area contributed by atoms with Crippen LogP contribution in [0.4, 0.5) is 5.69 Å². The molecule has 1 amide bonds. The van der Waals surface area contributed by atoms with E-state index in [1.165, 1.54) is 0 Å². The minimum absolute atomic E-state index is 0.0122. The summed E-state index contributed by atoms with van der Waals surface area (Å²) in [5.74, 6) is 1.90. The highest BCUT2D eigenvalue weighted by molar-refractivity contribution is 6.32. The summed E-state index contributed by atoms with van der Waals surface area (Å²) >= 11 is 6.44. The van der Waals surface area contributed by atoms with Gasteiger partial charge in [0.2, 0.25) is 5.91 Å². The van der Waals surface area contributed by atoms with Gasteiger partial charge in [-0.2, -0.15) is 0 Å². The van der Waals surface area contributed by atoms with Crippen LogP contribution in [0.5, 0.6) is 17.2 Å².